The van der Waals surface area contributed by atoms with Crippen molar-refractivity contribution in [3.05, 3.63) is 12.7 Å². The average molecular weight is 754 g/mol. The lowest BCUT2D eigenvalue weighted by Gasteiger charge is -2.41. The van der Waals surface area contributed by atoms with Gasteiger partial charge in [0.25, 0.3) is 0 Å². The third-order valence-corrected chi connectivity index (χ3v) is 16.3. The molecule has 0 bridgehead atoms. The second kappa shape index (κ2) is 16.8. The SMILES string of the molecule is C#CCCC(CC(=O)[C@@H]1[C@H]2CCC3(CC3)[C@H]2CN1C(=O)[C@@H](NC(=O)NC1(CS(=O)(=O)C(C)(C)C)CCCCC1)C1CCCCC1)C(=O)C(=O)CCC=C. The summed E-state index contributed by atoms with van der Waals surface area (Å²) in [7, 11) is -3.56. The lowest BCUT2D eigenvalue weighted by molar-refractivity contribution is -0.143. The van der Waals surface area contributed by atoms with E-state index in [0.717, 1.165) is 77.0 Å². The molecule has 5 aliphatic rings. The normalized spacial score (nSPS) is 26.2. The summed E-state index contributed by atoms with van der Waals surface area (Å²) in [5, 5.41) is 6.16. The summed E-state index contributed by atoms with van der Waals surface area (Å²) in [5.74, 6) is -0.0668. The lowest BCUT2D eigenvalue weighted by atomic mass is 9.81. The number of carbonyl (C=O) groups excluding carboxylic acids is 5. The molecular weight excluding hydrogens is 691 g/mol. The lowest BCUT2D eigenvalue weighted by Crippen LogP contribution is -2.62. The van der Waals surface area contributed by atoms with Crippen LogP contribution in [-0.2, 0) is 29.0 Å². The number of amides is 3. The van der Waals surface area contributed by atoms with Gasteiger partial charge in [0.1, 0.15) is 6.04 Å². The maximum absolute atomic E-state index is 15.0. The molecule has 1 spiro atoms. The fraction of sp³-hybridized carbons (Fsp3) is 0.786. The van der Waals surface area contributed by atoms with E-state index in [9.17, 15) is 32.4 Å². The zero-order valence-corrected chi connectivity index (χ0v) is 33.2. The van der Waals surface area contributed by atoms with Gasteiger partial charge in [-0.3, -0.25) is 19.2 Å². The highest BCUT2D eigenvalue weighted by molar-refractivity contribution is 7.92. The second-order valence-corrected chi connectivity index (χ2v) is 20.8. The predicted molar refractivity (Wildman–Crippen MR) is 205 cm³/mol. The van der Waals surface area contributed by atoms with Crippen LogP contribution in [0.15, 0.2) is 12.7 Å². The van der Waals surface area contributed by atoms with Gasteiger partial charge >= 0.3 is 6.03 Å². The predicted octanol–water partition coefficient (Wildman–Crippen LogP) is 6.26. The molecule has 294 valence electrons. The molecule has 3 amide bonds. The number of rotatable bonds is 16. The van der Waals surface area contributed by atoms with Gasteiger partial charge in [0.2, 0.25) is 11.7 Å². The summed E-state index contributed by atoms with van der Waals surface area (Å²) >= 11 is 0. The highest BCUT2D eigenvalue weighted by Gasteiger charge is 2.63. The number of nitrogens with zero attached hydrogens (tertiary/aromatic N) is 1. The smallest absolute Gasteiger partial charge is 0.315 e. The number of fused-ring (bicyclic) bond motifs is 2. The Morgan fingerprint density at radius 3 is 2.23 bits per heavy atom. The Kier molecular flexibility index (Phi) is 13.0. The Bertz CT molecular complexity index is 1560. The van der Waals surface area contributed by atoms with Crippen LogP contribution in [0.4, 0.5) is 4.79 Å². The van der Waals surface area contributed by atoms with E-state index in [1.165, 1.54) is 0 Å². The van der Waals surface area contributed by atoms with Crippen LogP contribution in [0.3, 0.4) is 0 Å². The van der Waals surface area contributed by atoms with Crippen molar-refractivity contribution in [2.45, 2.75) is 165 Å². The number of urea groups is 1. The molecule has 1 saturated heterocycles. The summed E-state index contributed by atoms with van der Waals surface area (Å²) < 4.78 is 25.9. The van der Waals surface area contributed by atoms with E-state index in [1.54, 1.807) is 31.7 Å². The molecule has 0 aromatic heterocycles. The van der Waals surface area contributed by atoms with Gasteiger partial charge in [-0.25, -0.2) is 13.2 Å². The monoisotopic (exact) mass is 753 g/mol. The summed E-state index contributed by atoms with van der Waals surface area (Å²) in [6.45, 7) is 9.12. The van der Waals surface area contributed by atoms with Gasteiger partial charge in [-0.15, -0.1) is 18.9 Å². The number of sulfone groups is 1. The number of nitrogens with one attached hydrogen (secondary N) is 2. The van der Waals surface area contributed by atoms with Crippen molar-refractivity contribution in [2.24, 2.45) is 29.1 Å². The van der Waals surface area contributed by atoms with Crippen molar-refractivity contribution in [3.63, 3.8) is 0 Å². The van der Waals surface area contributed by atoms with E-state index in [2.05, 4.69) is 23.1 Å². The topological polar surface area (TPSA) is 147 Å². The van der Waals surface area contributed by atoms with Crippen molar-refractivity contribution in [1.29, 1.82) is 0 Å². The Labute approximate surface area is 317 Å². The van der Waals surface area contributed by atoms with Crippen LogP contribution in [0.5, 0.6) is 0 Å². The summed E-state index contributed by atoms with van der Waals surface area (Å²) in [6.07, 6.45) is 19.9. The molecule has 10 nitrogen and oxygen atoms in total. The van der Waals surface area contributed by atoms with Crippen LogP contribution in [-0.4, -0.2) is 77.3 Å². The molecule has 0 aromatic rings. The van der Waals surface area contributed by atoms with Crippen LogP contribution in [0.25, 0.3) is 0 Å². The van der Waals surface area contributed by atoms with E-state index in [4.69, 9.17) is 6.42 Å². The number of ketones is 3. The average Bonchev–Trinajstić information content (AvgIpc) is 3.69. The first-order valence-corrected chi connectivity index (χ1v) is 22.0. The molecule has 5 rings (SSSR count). The highest BCUT2D eigenvalue weighted by Crippen LogP contribution is 2.66. The first-order valence-electron chi connectivity index (χ1n) is 20.3. The molecule has 4 saturated carbocycles. The van der Waals surface area contributed by atoms with Crippen LogP contribution < -0.4 is 10.6 Å². The first-order chi connectivity index (χ1) is 25.1. The summed E-state index contributed by atoms with van der Waals surface area (Å²) in [4.78, 5) is 71.4. The van der Waals surface area contributed by atoms with Gasteiger partial charge in [-0.1, -0.05) is 44.6 Å². The Morgan fingerprint density at radius 2 is 1.62 bits per heavy atom. The van der Waals surface area contributed by atoms with E-state index >= 15 is 0 Å². The number of terminal acetylenes is 1. The van der Waals surface area contributed by atoms with Crippen molar-refractivity contribution in [2.75, 3.05) is 12.3 Å². The van der Waals surface area contributed by atoms with Gasteiger partial charge in [0.15, 0.2) is 21.4 Å². The third-order valence-electron chi connectivity index (χ3n) is 13.5. The van der Waals surface area contributed by atoms with Gasteiger partial charge in [0.05, 0.1) is 22.1 Å². The Morgan fingerprint density at radius 1 is 0.962 bits per heavy atom. The fourth-order valence-electron chi connectivity index (χ4n) is 10.1. The zero-order valence-electron chi connectivity index (χ0n) is 32.4. The maximum atomic E-state index is 15.0. The Balaban J connectivity index is 1.41. The van der Waals surface area contributed by atoms with Crippen LogP contribution in [0.1, 0.15) is 143 Å². The highest BCUT2D eigenvalue weighted by atomic mass is 32.2. The minimum atomic E-state index is -3.56. The quantitative estimate of drug-likeness (QED) is 0.108. The van der Waals surface area contributed by atoms with Gasteiger partial charge < -0.3 is 15.5 Å². The Hall–Kier alpha value is -3.00. The van der Waals surface area contributed by atoms with Crippen molar-refractivity contribution < 1.29 is 32.4 Å². The fourth-order valence-corrected chi connectivity index (χ4v) is 11.6. The first kappa shape index (κ1) is 41.2. The number of carbonyl (C=O) groups is 5. The number of hydrogen-bond donors (Lipinski definition) is 2. The van der Waals surface area contributed by atoms with E-state index in [0.29, 0.717) is 25.8 Å². The number of likely N-dealkylation sites (tertiary alicyclic amines) is 1. The molecule has 11 heteroatoms. The minimum Gasteiger partial charge on any atom is -0.332 e. The molecule has 0 aromatic carbocycles. The van der Waals surface area contributed by atoms with Crippen LogP contribution >= 0.6 is 0 Å². The van der Waals surface area contributed by atoms with Crippen LogP contribution in [0.2, 0.25) is 0 Å². The number of hydrogen-bond acceptors (Lipinski definition) is 7. The largest absolute Gasteiger partial charge is 0.332 e. The number of allylic oxidation sites excluding steroid dienone is 1. The van der Waals surface area contributed by atoms with Gasteiger partial charge in [-0.2, -0.15) is 0 Å². The van der Waals surface area contributed by atoms with Gasteiger partial charge in [-0.05, 0) is 108 Å². The molecule has 1 aliphatic heterocycles. The third kappa shape index (κ3) is 9.28. The minimum absolute atomic E-state index is 0.0323. The maximum Gasteiger partial charge on any atom is 0.315 e. The van der Waals surface area contributed by atoms with Crippen molar-refractivity contribution in [1.82, 2.24) is 15.5 Å². The molecular formula is C42H63N3O7S. The standard InChI is InChI=1S/C42H63N3O7S/c1-6-8-16-30(37(48)33(46)19-9-7-2)26-34(47)36-31-20-23-41(24-25-41)32(31)27-45(36)38(49)35(29-17-12-10-13-18-29)43-39(50)44-42(21-14-11-15-22-42)28-53(51,52)40(3,4)5/h1,7,29-32,35-36H,2,8-28H2,3-5H3,(H2,43,44,50)/t30?,31-,32-,35-,36-/m0/s1. The van der Waals surface area contributed by atoms with E-state index in [-0.39, 0.29) is 66.3 Å². The molecule has 2 N–H and O–H groups in total. The van der Waals surface area contributed by atoms with Gasteiger partial charge in [0, 0.05) is 31.7 Å². The summed E-state index contributed by atoms with van der Waals surface area (Å²) in [5.41, 5.74) is -0.798. The molecule has 5 atom stereocenters. The van der Waals surface area contributed by atoms with E-state index in [1.807, 2.05) is 0 Å². The molecule has 1 heterocycles. The zero-order chi connectivity index (χ0) is 38.6. The van der Waals surface area contributed by atoms with E-state index < -0.39 is 55.7 Å². The molecule has 1 unspecified atom stereocenters. The van der Waals surface area contributed by atoms with Crippen molar-refractivity contribution in [3.8, 4) is 12.3 Å². The molecule has 4 aliphatic carbocycles. The summed E-state index contributed by atoms with van der Waals surface area (Å²) in [6, 6.07) is -2.16. The number of Topliss-reactive ketones (excluding diaryl/α,β-unsaturated/α-hetero) is 3. The molecule has 5 fully saturated rings. The second-order valence-electron chi connectivity index (χ2n) is 18.0. The van der Waals surface area contributed by atoms with Crippen molar-refractivity contribution >= 4 is 39.1 Å². The van der Waals surface area contributed by atoms with Crippen LogP contribution in [0, 0.1) is 41.4 Å². The molecule has 53 heavy (non-hydrogen) atoms. The molecule has 0 radical (unpaired) electrons.